The highest BCUT2D eigenvalue weighted by Crippen LogP contribution is 2.42. The Kier molecular flexibility index (Phi) is 8.83. The Morgan fingerprint density at radius 1 is 0.440 bits per heavy atom. The van der Waals surface area contributed by atoms with E-state index in [9.17, 15) is 10.2 Å². The Balaban J connectivity index is 1.27. The second kappa shape index (κ2) is 12.3. The molecule has 0 aliphatic heterocycles. The minimum absolute atomic E-state index is 0.109. The zero-order valence-corrected chi connectivity index (χ0v) is 32.8. The van der Waals surface area contributed by atoms with Gasteiger partial charge in [0.15, 0.2) is 0 Å². The molecule has 0 unspecified atom stereocenters. The first-order valence-corrected chi connectivity index (χ1v) is 19.1. The number of hydrogen-bond donors (Lipinski definition) is 2. The summed E-state index contributed by atoms with van der Waals surface area (Å²) in [6.07, 6.45) is 0. The average molecular weight is 709 g/mol. The van der Waals surface area contributed by atoms with Gasteiger partial charge in [0.1, 0.15) is 44.9 Å². The summed E-state index contributed by atoms with van der Waals surface area (Å²) in [7, 11) is 3.25. The van der Waals surface area contributed by atoms with Crippen LogP contribution in [0.25, 0.3) is 33.4 Å². The van der Waals surface area contributed by atoms with E-state index in [2.05, 4.69) is 95.2 Å². The average Bonchev–Trinajstić information content (AvgIpc) is 3.61. The fourth-order valence-corrected chi connectivity index (χ4v) is 7.72. The van der Waals surface area contributed by atoms with Crippen LogP contribution >= 0.6 is 21.6 Å². The lowest BCUT2D eigenvalue weighted by Crippen LogP contribution is -2.18. The van der Waals surface area contributed by atoms with Crippen LogP contribution in [0, 0.1) is 0 Å². The maximum Gasteiger partial charge on any atom is 0.146 e. The number of benzene rings is 4. The van der Waals surface area contributed by atoms with Gasteiger partial charge in [0.25, 0.3) is 0 Å². The molecule has 8 nitrogen and oxygen atoms in total. The molecule has 10 heteroatoms. The van der Waals surface area contributed by atoms with Crippen molar-refractivity contribution < 1.29 is 10.2 Å². The number of nitrogens with zero attached hydrogens (tertiary/aromatic N) is 6. The highest BCUT2D eigenvalue weighted by Gasteiger charge is 2.28. The fraction of sp³-hybridized carbons (Fsp3) is 0.400. The van der Waals surface area contributed by atoms with E-state index in [4.69, 9.17) is 20.4 Å². The monoisotopic (exact) mass is 708 g/mol. The number of rotatable bonds is 5. The third-order valence-electron chi connectivity index (χ3n) is 8.90. The normalized spacial score (nSPS) is 13.1. The zero-order chi connectivity index (χ0) is 36.6. The summed E-state index contributed by atoms with van der Waals surface area (Å²) in [5.41, 5.74) is 7.42. The van der Waals surface area contributed by atoms with Gasteiger partial charge in [0.2, 0.25) is 0 Å². The minimum atomic E-state index is -0.250. The molecule has 0 radical (unpaired) electrons. The van der Waals surface area contributed by atoms with Crippen LogP contribution in [-0.4, -0.2) is 40.2 Å². The van der Waals surface area contributed by atoms with Crippen molar-refractivity contribution in [1.82, 2.24) is 30.0 Å². The summed E-state index contributed by atoms with van der Waals surface area (Å²) in [5, 5.41) is 41.9. The van der Waals surface area contributed by atoms with Crippen molar-refractivity contribution in [3.63, 3.8) is 0 Å². The van der Waals surface area contributed by atoms with Gasteiger partial charge in [-0.1, -0.05) is 117 Å². The van der Waals surface area contributed by atoms with Crippen LogP contribution in [0.1, 0.15) is 105 Å². The quantitative estimate of drug-likeness (QED) is 0.171. The molecule has 0 bridgehead atoms. The molecular formula is C40H48N6O2S2. The standard InChI is InChI=1S/C40H48N6O2S2/c1-37(2,3)23-17-27(39(7,8)9)35(47)33(19-23)45-41-29-15-13-25(21-31(29)43-45)49-50-26-14-16-30-32(22-26)44-46(42-30)34-20-24(38(4,5)6)18-28(36(34)48)40(10,11)12/h13-22,47-48H,1-12H3. The van der Waals surface area contributed by atoms with Crippen LogP contribution in [0.4, 0.5) is 0 Å². The third-order valence-corrected chi connectivity index (χ3v) is 11.3. The molecule has 2 N–H and O–H groups in total. The van der Waals surface area contributed by atoms with Gasteiger partial charge in [-0.2, -0.15) is 0 Å². The van der Waals surface area contributed by atoms with Crippen molar-refractivity contribution in [2.75, 3.05) is 0 Å². The molecule has 0 aliphatic carbocycles. The summed E-state index contributed by atoms with van der Waals surface area (Å²) in [6.45, 7) is 25.6. The van der Waals surface area contributed by atoms with Gasteiger partial charge in [-0.15, -0.1) is 30.0 Å². The SMILES string of the molecule is CC(C)(C)c1cc(-n2nc3ccc(SSc4ccc5nn(-c6cc(C(C)(C)C)cc(C(C)(C)C)c6O)nc5c4)cc3n2)c(O)c(C(C)(C)C)c1. The first kappa shape index (κ1) is 35.8. The number of hydrogen-bond acceptors (Lipinski definition) is 8. The van der Waals surface area contributed by atoms with E-state index >= 15 is 0 Å². The van der Waals surface area contributed by atoms with Crippen molar-refractivity contribution >= 4 is 43.7 Å². The predicted octanol–water partition coefficient (Wildman–Crippen LogP) is 10.6. The van der Waals surface area contributed by atoms with Crippen molar-refractivity contribution in [3.8, 4) is 22.9 Å². The van der Waals surface area contributed by atoms with E-state index in [1.165, 1.54) is 0 Å². The number of aromatic nitrogens is 6. The second-order valence-electron chi connectivity index (χ2n) is 17.2. The van der Waals surface area contributed by atoms with Gasteiger partial charge in [0, 0.05) is 20.9 Å². The van der Waals surface area contributed by atoms with Crippen LogP contribution in [0.15, 0.2) is 70.5 Å². The maximum atomic E-state index is 11.4. The van der Waals surface area contributed by atoms with Crippen molar-refractivity contribution in [3.05, 3.63) is 82.9 Å². The fourth-order valence-electron chi connectivity index (χ4n) is 5.76. The highest BCUT2D eigenvalue weighted by molar-refractivity contribution is 8.76. The lowest BCUT2D eigenvalue weighted by Gasteiger charge is -2.27. The molecule has 0 saturated heterocycles. The number of phenols is 2. The molecule has 0 amide bonds. The lowest BCUT2D eigenvalue weighted by molar-refractivity contribution is 0.437. The van der Waals surface area contributed by atoms with Gasteiger partial charge in [0.05, 0.1) is 0 Å². The molecule has 6 rings (SSSR count). The van der Waals surface area contributed by atoms with E-state index in [1.54, 1.807) is 31.2 Å². The van der Waals surface area contributed by atoms with Gasteiger partial charge < -0.3 is 10.2 Å². The molecule has 50 heavy (non-hydrogen) atoms. The van der Waals surface area contributed by atoms with E-state index in [1.807, 2.05) is 48.5 Å². The minimum Gasteiger partial charge on any atom is -0.505 e. The van der Waals surface area contributed by atoms with Gasteiger partial charge in [-0.3, -0.25) is 0 Å². The Labute approximate surface area is 303 Å². The van der Waals surface area contributed by atoms with Crippen LogP contribution in [0.2, 0.25) is 0 Å². The first-order valence-electron chi connectivity index (χ1n) is 16.9. The first-order chi connectivity index (χ1) is 23.1. The second-order valence-corrected chi connectivity index (χ2v) is 19.5. The molecule has 4 aromatic carbocycles. The summed E-state index contributed by atoms with van der Waals surface area (Å²) in [5.74, 6) is 0.407. The summed E-state index contributed by atoms with van der Waals surface area (Å²) in [6, 6.07) is 20.3. The molecule has 262 valence electrons. The Hall–Kier alpha value is -4.02. The summed E-state index contributed by atoms with van der Waals surface area (Å²) in [4.78, 5) is 5.17. The molecule has 6 aromatic rings. The van der Waals surface area contributed by atoms with E-state index < -0.39 is 0 Å². The Morgan fingerprint density at radius 2 is 0.780 bits per heavy atom. The molecule has 2 heterocycles. The molecular weight excluding hydrogens is 661 g/mol. The summed E-state index contributed by atoms with van der Waals surface area (Å²) < 4.78 is 0. The van der Waals surface area contributed by atoms with E-state index in [-0.39, 0.29) is 33.2 Å². The van der Waals surface area contributed by atoms with Gasteiger partial charge in [-0.05, 0) is 81.3 Å². The van der Waals surface area contributed by atoms with Crippen LogP contribution in [0.3, 0.4) is 0 Å². The van der Waals surface area contributed by atoms with E-state index in [0.29, 0.717) is 11.4 Å². The number of phenolic OH excluding ortho intramolecular Hbond substituents is 2. The van der Waals surface area contributed by atoms with Crippen molar-refractivity contribution in [2.24, 2.45) is 0 Å². The molecule has 0 aliphatic rings. The lowest BCUT2D eigenvalue weighted by atomic mass is 9.80. The van der Waals surface area contributed by atoms with E-state index in [0.717, 1.165) is 54.1 Å². The van der Waals surface area contributed by atoms with Crippen molar-refractivity contribution in [2.45, 2.75) is 115 Å². The Bertz CT molecular complexity index is 2080. The van der Waals surface area contributed by atoms with Crippen molar-refractivity contribution in [1.29, 1.82) is 0 Å². The Morgan fingerprint density at radius 3 is 1.10 bits per heavy atom. The van der Waals surface area contributed by atoms with Gasteiger partial charge in [-0.25, -0.2) is 0 Å². The maximum absolute atomic E-state index is 11.4. The molecule has 0 saturated carbocycles. The smallest absolute Gasteiger partial charge is 0.146 e. The topological polar surface area (TPSA) is 102 Å². The predicted molar refractivity (Wildman–Crippen MR) is 208 cm³/mol. The molecule has 0 spiro atoms. The largest absolute Gasteiger partial charge is 0.505 e. The van der Waals surface area contributed by atoms with Crippen LogP contribution in [-0.2, 0) is 21.7 Å². The molecule has 0 atom stereocenters. The molecule has 2 aromatic heterocycles. The zero-order valence-electron chi connectivity index (χ0n) is 31.2. The van der Waals surface area contributed by atoms with Gasteiger partial charge >= 0.3 is 0 Å². The number of aromatic hydroxyl groups is 2. The highest BCUT2D eigenvalue weighted by atomic mass is 33.1. The third kappa shape index (κ3) is 7.10. The van der Waals surface area contributed by atoms with Crippen LogP contribution < -0.4 is 0 Å². The summed E-state index contributed by atoms with van der Waals surface area (Å²) >= 11 is 0. The molecule has 0 fully saturated rings. The number of fused-ring (bicyclic) bond motifs is 2. The van der Waals surface area contributed by atoms with Crippen LogP contribution in [0.5, 0.6) is 11.5 Å².